The van der Waals surface area contributed by atoms with Gasteiger partial charge < -0.3 is 5.11 Å². The van der Waals surface area contributed by atoms with Crippen molar-refractivity contribution in [2.45, 2.75) is 6.54 Å². The lowest BCUT2D eigenvalue weighted by molar-refractivity contribution is 0.0697. The minimum Gasteiger partial charge on any atom is -0.478 e. The number of rotatable bonds is 4. The van der Waals surface area contributed by atoms with Crippen molar-refractivity contribution in [3.05, 3.63) is 94.5 Å². The van der Waals surface area contributed by atoms with Crippen LogP contribution in [0.5, 0.6) is 0 Å². The fourth-order valence-corrected chi connectivity index (χ4v) is 2.98. The van der Waals surface area contributed by atoms with Crippen LogP contribution in [-0.4, -0.2) is 25.8 Å². The number of carbonyl (C=O) groups is 1. The molecule has 2 heterocycles. The monoisotopic (exact) mass is 357 g/mol. The summed E-state index contributed by atoms with van der Waals surface area (Å²) in [7, 11) is 0. The van der Waals surface area contributed by atoms with E-state index < -0.39 is 5.97 Å². The quantitative estimate of drug-likeness (QED) is 0.606. The number of pyridine rings is 1. The largest absolute Gasteiger partial charge is 0.478 e. The van der Waals surface area contributed by atoms with E-state index >= 15 is 0 Å². The van der Waals surface area contributed by atoms with E-state index in [1.165, 1.54) is 16.8 Å². The molecule has 0 aliphatic carbocycles. The maximum absolute atomic E-state index is 12.9. The zero-order valence-corrected chi connectivity index (χ0v) is 14.2. The first kappa shape index (κ1) is 16.7. The van der Waals surface area contributed by atoms with Crippen LogP contribution < -0.4 is 5.56 Å². The van der Waals surface area contributed by atoms with Crippen molar-refractivity contribution in [1.82, 2.24) is 14.8 Å². The highest BCUT2D eigenvalue weighted by atomic mass is 16.4. The average molecular weight is 357 g/mol. The number of fused-ring (bicyclic) bond motifs is 1. The number of carboxylic acids is 1. The van der Waals surface area contributed by atoms with Crippen molar-refractivity contribution in [2.75, 3.05) is 0 Å². The fraction of sp³-hybridized carbons (Fsp3) is 0.0476. The molecule has 0 unspecified atom stereocenters. The van der Waals surface area contributed by atoms with Gasteiger partial charge in [0.05, 0.1) is 17.5 Å². The van der Waals surface area contributed by atoms with Crippen LogP contribution in [0.1, 0.15) is 15.9 Å². The molecule has 0 aliphatic heterocycles. The molecule has 4 aromatic rings. The number of carboxylic acid groups (broad SMARTS) is 1. The highest BCUT2D eigenvalue weighted by molar-refractivity contribution is 5.93. The van der Waals surface area contributed by atoms with Crippen LogP contribution in [0.4, 0.5) is 0 Å². The maximum atomic E-state index is 12.9. The van der Waals surface area contributed by atoms with Crippen LogP contribution in [0.15, 0.2) is 77.9 Å². The van der Waals surface area contributed by atoms with E-state index in [2.05, 4.69) is 10.1 Å². The van der Waals surface area contributed by atoms with E-state index in [1.807, 2.05) is 30.3 Å². The molecule has 0 spiro atoms. The van der Waals surface area contributed by atoms with E-state index in [-0.39, 0.29) is 17.7 Å². The number of aromatic nitrogens is 3. The molecule has 27 heavy (non-hydrogen) atoms. The molecule has 1 N–H and O–H groups in total. The van der Waals surface area contributed by atoms with Gasteiger partial charge in [-0.1, -0.05) is 30.3 Å². The Kier molecular flexibility index (Phi) is 4.22. The van der Waals surface area contributed by atoms with Gasteiger partial charge >= 0.3 is 5.97 Å². The van der Waals surface area contributed by atoms with Gasteiger partial charge in [0.1, 0.15) is 5.69 Å². The molecule has 0 amide bonds. The third-order valence-corrected chi connectivity index (χ3v) is 4.34. The molecule has 0 radical (unpaired) electrons. The summed E-state index contributed by atoms with van der Waals surface area (Å²) < 4.78 is 1.40. The zero-order chi connectivity index (χ0) is 18.8. The minimum atomic E-state index is -0.985. The lowest BCUT2D eigenvalue weighted by atomic mass is 10.1. The van der Waals surface area contributed by atoms with Gasteiger partial charge in [0, 0.05) is 23.3 Å². The van der Waals surface area contributed by atoms with Crippen LogP contribution in [-0.2, 0) is 6.54 Å². The molecular weight excluding hydrogens is 342 g/mol. The SMILES string of the molecule is O=C(O)c1ccc(Cn2nc(-c3cccnc3)c3ccccc3c2=O)cc1. The molecule has 0 aliphatic rings. The summed E-state index contributed by atoms with van der Waals surface area (Å²) in [5, 5.41) is 14.9. The van der Waals surface area contributed by atoms with E-state index in [9.17, 15) is 9.59 Å². The summed E-state index contributed by atoms with van der Waals surface area (Å²) >= 11 is 0. The van der Waals surface area contributed by atoms with Crippen molar-refractivity contribution in [2.24, 2.45) is 0 Å². The molecule has 0 saturated carbocycles. The number of benzene rings is 2. The molecule has 6 heteroatoms. The number of hydrogen-bond acceptors (Lipinski definition) is 4. The topological polar surface area (TPSA) is 85.1 Å². The summed E-state index contributed by atoms with van der Waals surface area (Å²) in [6.07, 6.45) is 3.40. The Hall–Kier alpha value is -3.80. The highest BCUT2D eigenvalue weighted by Gasteiger charge is 2.12. The maximum Gasteiger partial charge on any atom is 0.335 e. The Morgan fingerprint density at radius 3 is 2.37 bits per heavy atom. The van der Waals surface area contributed by atoms with Crippen LogP contribution in [0, 0.1) is 0 Å². The van der Waals surface area contributed by atoms with Gasteiger partial charge in [-0.05, 0) is 35.9 Å². The van der Waals surface area contributed by atoms with Gasteiger partial charge in [-0.3, -0.25) is 9.78 Å². The first-order valence-corrected chi connectivity index (χ1v) is 8.36. The highest BCUT2D eigenvalue weighted by Crippen LogP contribution is 2.23. The Balaban J connectivity index is 1.85. The standard InChI is InChI=1S/C21H15N3O3/c25-20-18-6-2-1-5-17(18)19(16-4-3-11-22-12-16)23-24(20)13-14-7-9-15(10-8-14)21(26)27/h1-12H,13H2,(H,26,27). The molecule has 4 rings (SSSR count). The Morgan fingerprint density at radius 2 is 1.70 bits per heavy atom. The molecule has 0 fully saturated rings. The second-order valence-electron chi connectivity index (χ2n) is 6.10. The lowest BCUT2D eigenvalue weighted by Gasteiger charge is -2.11. The lowest BCUT2D eigenvalue weighted by Crippen LogP contribution is -2.24. The second-order valence-corrected chi connectivity index (χ2v) is 6.10. The Bertz CT molecular complexity index is 1180. The van der Waals surface area contributed by atoms with Crippen LogP contribution in [0.25, 0.3) is 22.0 Å². The van der Waals surface area contributed by atoms with Gasteiger partial charge in [-0.25, -0.2) is 9.48 Å². The van der Waals surface area contributed by atoms with Crippen molar-refractivity contribution in [1.29, 1.82) is 0 Å². The van der Waals surface area contributed by atoms with E-state index in [1.54, 1.807) is 30.6 Å². The van der Waals surface area contributed by atoms with Gasteiger partial charge in [0.15, 0.2) is 0 Å². The summed E-state index contributed by atoms with van der Waals surface area (Å²) in [6.45, 7) is 0.247. The third kappa shape index (κ3) is 3.20. The van der Waals surface area contributed by atoms with Gasteiger partial charge in [0.25, 0.3) is 5.56 Å². The molecule has 132 valence electrons. The summed E-state index contributed by atoms with van der Waals surface area (Å²) in [5.41, 5.74) is 2.31. The predicted octanol–water partition coefficient (Wildman–Crippen LogP) is 3.21. The normalized spacial score (nSPS) is 10.8. The van der Waals surface area contributed by atoms with Crippen molar-refractivity contribution in [3.63, 3.8) is 0 Å². The Morgan fingerprint density at radius 1 is 0.963 bits per heavy atom. The molecule has 2 aromatic heterocycles. The van der Waals surface area contributed by atoms with E-state index in [0.717, 1.165) is 16.5 Å². The molecule has 0 bridgehead atoms. The summed E-state index contributed by atoms with van der Waals surface area (Å²) in [5.74, 6) is -0.985. The number of aromatic carboxylic acids is 1. The smallest absolute Gasteiger partial charge is 0.335 e. The second kappa shape index (κ2) is 6.84. The zero-order valence-electron chi connectivity index (χ0n) is 14.2. The fourth-order valence-electron chi connectivity index (χ4n) is 2.98. The van der Waals surface area contributed by atoms with Gasteiger partial charge in [-0.15, -0.1) is 0 Å². The predicted molar refractivity (Wildman–Crippen MR) is 102 cm³/mol. The van der Waals surface area contributed by atoms with Crippen molar-refractivity contribution < 1.29 is 9.90 Å². The van der Waals surface area contributed by atoms with Crippen LogP contribution in [0.2, 0.25) is 0 Å². The van der Waals surface area contributed by atoms with Crippen LogP contribution >= 0.6 is 0 Å². The third-order valence-electron chi connectivity index (χ3n) is 4.34. The van der Waals surface area contributed by atoms with Gasteiger partial charge in [-0.2, -0.15) is 5.10 Å². The summed E-state index contributed by atoms with van der Waals surface area (Å²) in [4.78, 5) is 28.0. The first-order valence-electron chi connectivity index (χ1n) is 8.36. The molecule has 0 atom stereocenters. The molecular formula is C21H15N3O3. The molecule has 0 saturated heterocycles. The van der Waals surface area contributed by atoms with Crippen molar-refractivity contribution >= 4 is 16.7 Å². The number of nitrogens with zero attached hydrogens (tertiary/aromatic N) is 3. The van der Waals surface area contributed by atoms with Crippen LogP contribution in [0.3, 0.4) is 0 Å². The Labute approximate surface area is 154 Å². The van der Waals surface area contributed by atoms with Crippen molar-refractivity contribution in [3.8, 4) is 11.3 Å². The van der Waals surface area contributed by atoms with E-state index in [0.29, 0.717) is 11.1 Å². The molecule has 2 aromatic carbocycles. The number of hydrogen-bond donors (Lipinski definition) is 1. The summed E-state index contributed by atoms with van der Waals surface area (Å²) in [6, 6.07) is 17.5. The first-order chi connectivity index (χ1) is 13.1. The average Bonchev–Trinajstić information content (AvgIpc) is 2.71. The minimum absolute atomic E-state index is 0.194. The van der Waals surface area contributed by atoms with Gasteiger partial charge in [0.2, 0.25) is 0 Å². The molecule has 6 nitrogen and oxygen atoms in total. The van der Waals surface area contributed by atoms with E-state index in [4.69, 9.17) is 5.11 Å².